The minimum atomic E-state index is -5.57. The van der Waals surface area contributed by atoms with Crippen LogP contribution in [-0.2, 0) is 17.2 Å². The third-order valence-corrected chi connectivity index (χ3v) is 13.4. The maximum Gasteiger partial charge on any atom is 0.453 e. The summed E-state index contributed by atoms with van der Waals surface area (Å²) in [7, 11) is 0.560. The number of ether oxygens (including phenoxy) is 1. The van der Waals surface area contributed by atoms with E-state index in [0.29, 0.717) is 48.0 Å². The van der Waals surface area contributed by atoms with Crippen LogP contribution in [0, 0.1) is 23.2 Å². The van der Waals surface area contributed by atoms with Gasteiger partial charge in [0.25, 0.3) is 0 Å². The van der Waals surface area contributed by atoms with E-state index in [1.54, 1.807) is 12.1 Å². The lowest BCUT2D eigenvalue weighted by atomic mass is 9.52. The Morgan fingerprint density at radius 3 is 2.45 bits per heavy atom. The number of carbonyl (C=O) groups is 1. The van der Waals surface area contributed by atoms with E-state index < -0.39 is 41.8 Å². The van der Waals surface area contributed by atoms with E-state index in [4.69, 9.17) is 4.74 Å². The summed E-state index contributed by atoms with van der Waals surface area (Å²) in [6, 6.07) is 15.1. The molecule has 5 nitrogen and oxygen atoms in total. The number of halogens is 5. The molecule has 0 saturated heterocycles. The Bertz CT molecular complexity index is 1530. The van der Waals surface area contributed by atoms with Crippen molar-refractivity contribution in [1.29, 1.82) is 0 Å². The average molecular weight is 738 g/mol. The number of hydrogen-bond donors (Lipinski definition) is 1. The Hall–Kier alpha value is -2.63. The quantitative estimate of drug-likeness (QED) is 0.0613. The van der Waals surface area contributed by atoms with Crippen molar-refractivity contribution in [3.63, 3.8) is 0 Å². The SMILES string of the molecule is C=C1[C@H](O)CC2C3C(CCCCCN(C)CCCS(=O)CCCC(F)(F)C(F)(F)F)Cc4cc(OC(=O)c5ccccc5)ccc4C3CC[C@]12C. The summed E-state index contributed by atoms with van der Waals surface area (Å²) < 4.78 is 81.2. The maximum atomic E-state index is 13.1. The number of esters is 1. The zero-order valence-electron chi connectivity index (χ0n) is 29.7. The first-order chi connectivity index (χ1) is 24.1. The van der Waals surface area contributed by atoms with Crippen LogP contribution in [0.1, 0.15) is 98.5 Å². The van der Waals surface area contributed by atoms with Gasteiger partial charge in [-0.25, -0.2) is 4.79 Å². The van der Waals surface area contributed by atoms with Gasteiger partial charge >= 0.3 is 18.1 Å². The molecule has 0 bridgehead atoms. The highest BCUT2D eigenvalue weighted by Gasteiger charge is 2.57. The summed E-state index contributed by atoms with van der Waals surface area (Å²) >= 11 is 0. The fraction of sp³-hybridized carbons (Fsp3) is 0.625. The molecule has 3 aliphatic carbocycles. The topological polar surface area (TPSA) is 66.8 Å². The van der Waals surface area contributed by atoms with Crippen LogP contribution in [-0.4, -0.2) is 70.0 Å². The second-order valence-electron chi connectivity index (χ2n) is 15.3. The van der Waals surface area contributed by atoms with E-state index in [-0.39, 0.29) is 22.9 Å². The van der Waals surface area contributed by atoms with Gasteiger partial charge in [0.05, 0.1) is 11.7 Å². The molecule has 2 saturated carbocycles. The third kappa shape index (κ3) is 9.30. The lowest BCUT2D eigenvalue weighted by Gasteiger charge is -2.52. The van der Waals surface area contributed by atoms with Crippen LogP contribution in [0.25, 0.3) is 0 Å². The van der Waals surface area contributed by atoms with E-state index in [1.807, 2.05) is 31.3 Å². The van der Waals surface area contributed by atoms with Gasteiger partial charge in [-0.3, -0.25) is 4.21 Å². The van der Waals surface area contributed by atoms with Crippen LogP contribution in [0.3, 0.4) is 0 Å². The summed E-state index contributed by atoms with van der Waals surface area (Å²) in [6.45, 7) is 8.17. The van der Waals surface area contributed by atoms with E-state index in [0.717, 1.165) is 63.5 Å². The van der Waals surface area contributed by atoms with Crippen molar-refractivity contribution in [3.05, 3.63) is 77.4 Å². The predicted octanol–water partition coefficient (Wildman–Crippen LogP) is 9.12. The Morgan fingerprint density at radius 2 is 1.73 bits per heavy atom. The standard InChI is InChI=1S/C40H52F5NO4S/c1-27-35(47)26-34-36-29(14-8-5-9-20-46(3)21-11-23-51(49)22-10-18-39(41,42)40(43,44)45)24-30-25-31(50-37(48)28-12-6-4-7-13-28)15-16-32(30)33(36)17-19-38(27,34)2/h4,6-7,12-13,15-16,25,29,33-36,47H,1,5,8-11,14,17-24,26H2,2-3H3/t29?,33?,34?,35-,36?,38-,51?/m1/s1. The molecule has 5 rings (SSSR count). The van der Waals surface area contributed by atoms with Crippen molar-refractivity contribution in [1.82, 2.24) is 4.90 Å². The number of nitrogens with zero attached hydrogens (tertiary/aromatic N) is 1. The Labute approximate surface area is 301 Å². The molecular formula is C40H52F5NO4S. The van der Waals surface area contributed by atoms with Crippen LogP contribution in [0.15, 0.2) is 60.7 Å². The smallest absolute Gasteiger partial charge is 0.423 e. The minimum Gasteiger partial charge on any atom is -0.423 e. The van der Waals surface area contributed by atoms with E-state index in [2.05, 4.69) is 30.5 Å². The van der Waals surface area contributed by atoms with Gasteiger partial charge in [0.2, 0.25) is 0 Å². The van der Waals surface area contributed by atoms with Crippen LogP contribution in [0.5, 0.6) is 5.75 Å². The molecule has 51 heavy (non-hydrogen) atoms. The van der Waals surface area contributed by atoms with Gasteiger partial charge in [-0.05, 0) is 142 Å². The first-order valence-corrected chi connectivity index (χ1v) is 19.8. The van der Waals surface area contributed by atoms with Gasteiger partial charge in [0, 0.05) is 28.7 Å². The van der Waals surface area contributed by atoms with Gasteiger partial charge in [0.15, 0.2) is 0 Å². The van der Waals surface area contributed by atoms with Crippen molar-refractivity contribution in [2.75, 3.05) is 31.6 Å². The van der Waals surface area contributed by atoms with Crippen molar-refractivity contribution in [2.45, 2.75) is 102 Å². The minimum absolute atomic E-state index is 0.0674. The molecule has 11 heteroatoms. The molecule has 0 radical (unpaired) electrons. The van der Waals surface area contributed by atoms with Gasteiger partial charge in [-0.1, -0.05) is 50.6 Å². The maximum absolute atomic E-state index is 13.1. The van der Waals surface area contributed by atoms with Gasteiger partial charge in [-0.2, -0.15) is 22.0 Å². The first kappa shape index (κ1) is 39.6. The number of rotatable bonds is 16. The van der Waals surface area contributed by atoms with E-state index >= 15 is 0 Å². The molecule has 3 aliphatic rings. The zero-order valence-corrected chi connectivity index (χ0v) is 30.6. The average Bonchev–Trinajstić information content (AvgIpc) is 3.31. The molecule has 0 aliphatic heterocycles. The number of alkyl halides is 5. The van der Waals surface area contributed by atoms with E-state index in [9.17, 15) is 36.1 Å². The monoisotopic (exact) mass is 737 g/mol. The Kier molecular flexibility index (Phi) is 12.9. The fourth-order valence-electron chi connectivity index (χ4n) is 9.05. The highest BCUT2D eigenvalue weighted by molar-refractivity contribution is 7.84. The lowest BCUT2D eigenvalue weighted by molar-refractivity contribution is -0.284. The Morgan fingerprint density at radius 1 is 1.02 bits per heavy atom. The molecule has 5 unspecified atom stereocenters. The summed E-state index contributed by atoms with van der Waals surface area (Å²) in [5, 5.41) is 10.9. The van der Waals surface area contributed by atoms with Crippen LogP contribution in [0.4, 0.5) is 22.0 Å². The largest absolute Gasteiger partial charge is 0.453 e. The molecule has 0 spiro atoms. The number of hydrogen-bond acceptors (Lipinski definition) is 5. The summed E-state index contributed by atoms with van der Waals surface area (Å²) in [6.07, 6.45) is 0.606. The normalized spacial score (nSPS) is 26.8. The van der Waals surface area contributed by atoms with Crippen molar-refractivity contribution in [3.8, 4) is 5.75 Å². The summed E-state index contributed by atoms with van der Waals surface area (Å²) in [4.78, 5) is 15.0. The third-order valence-electron chi connectivity index (χ3n) is 11.9. The second kappa shape index (κ2) is 16.6. The molecule has 2 aromatic rings. The lowest BCUT2D eigenvalue weighted by Crippen LogP contribution is -2.44. The van der Waals surface area contributed by atoms with Gasteiger partial charge < -0.3 is 14.7 Å². The summed E-state index contributed by atoms with van der Waals surface area (Å²) in [5.74, 6) is -2.83. The Balaban J connectivity index is 1.13. The molecule has 0 amide bonds. The highest BCUT2D eigenvalue weighted by atomic mass is 32.2. The van der Waals surface area contributed by atoms with Gasteiger partial charge in [-0.15, -0.1) is 0 Å². The molecule has 1 N–H and O–H groups in total. The number of fused-ring (bicyclic) bond motifs is 5. The van der Waals surface area contributed by atoms with Crippen LogP contribution in [0.2, 0.25) is 0 Å². The highest BCUT2D eigenvalue weighted by Crippen LogP contribution is 2.64. The number of carbonyl (C=O) groups excluding carboxylic acids is 1. The second-order valence-corrected chi connectivity index (χ2v) is 17.0. The van der Waals surface area contributed by atoms with Gasteiger partial charge in [0.1, 0.15) is 5.75 Å². The zero-order chi connectivity index (χ0) is 37.0. The van der Waals surface area contributed by atoms with Crippen LogP contribution >= 0.6 is 0 Å². The van der Waals surface area contributed by atoms with E-state index in [1.165, 1.54) is 11.1 Å². The molecule has 282 valence electrons. The van der Waals surface area contributed by atoms with Crippen molar-refractivity contribution >= 4 is 16.8 Å². The molecule has 0 heterocycles. The fourth-order valence-corrected chi connectivity index (χ4v) is 10.2. The summed E-state index contributed by atoms with van der Waals surface area (Å²) in [5.41, 5.74) is 4.00. The number of aliphatic hydroxyl groups excluding tert-OH is 1. The molecule has 2 aromatic carbocycles. The number of aliphatic hydroxyl groups is 1. The predicted molar refractivity (Wildman–Crippen MR) is 191 cm³/mol. The van der Waals surface area contributed by atoms with Crippen molar-refractivity contribution < 1.29 is 40.8 Å². The molecular weight excluding hydrogens is 685 g/mol. The molecule has 7 atom stereocenters. The van der Waals surface area contributed by atoms with Crippen LogP contribution < -0.4 is 4.74 Å². The number of benzene rings is 2. The molecule has 0 aromatic heterocycles. The first-order valence-electron chi connectivity index (χ1n) is 18.4. The van der Waals surface area contributed by atoms with Crippen molar-refractivity contribution in [2.24, 2.45) is 23.2 Å². The number of unbranched alkanes of at least 4 members (excludes halogenated alkanes) is 2. The molecule has 2 fully saturated rings.